The van der Waals surface area contributed by atoms with Crippen molar-refractivity contribution in [3.8, 4) is 6.07 Å². The van der Waals surface area contributed by atoms with Crippen LogP contribution in [0.15, 0.2) is 40.8 Å². The molecule has 0 fully saturated rings. The molecule has 1 atom stereocenters. The molecule has 3 heteroatoms. The predicted molar refractivity (Wildman–Crippen MR) is 80.6 cm³/mol. The maximum absolute atomic E-state index is 9.14. The zero-order valence-corrected chi connectivity index (χ0v) is 12.4. The Labute approximate surface area is 120 Å². The summed E-state index contributed by atoms with van der Waals surface area (Å²) < 4.78 is 5.61. The summed E-state index contributed by atoms with van der Waals surface area (Å²) in [6, 6.07) is 14.4. The Balaban J connectivity index is 2.10. The Morgan fingerprint density at radius 2 is 1.80 bits per heavy atom. The maximum atomic E-state index is 9.14. The minimum Gasteiger partial charge on any atom is -0.464 e. The van der Waals surface area contributed by atoms with E-state index in [0.717, 1.165) is 22.8 Å². The monoisotopic (exact) mass is 268 g/mol. The van der Waals surface area contributed by atoms with E-state index >= 15 is 0 Å². The molecular formula is C17H20N2O. The maximum Gasteiger partial charge on any atom is 0.126 e. The van der Waals surface area contributed by atoms with Crippen LogP contribution in [0.5, 0.6) is 0 Å². The van der Waals surface area contributed by atoms with Crippen molar-refractivity contribution in [2.75, 3.05) is 5.32 Å². The molecule has 1 aromatic carbocycles. The minimum atomic E-state index is -0.456. The first-order valence-corrected chi connectivity index (χ1v) is 6.77. The molecule has 2 rings (SSSR count). The molecule has 0 aliphatic carbocycles. The summed E-state index contributed by atoms with van der Waals surface area (Å²) in [7, 11) is 0. The van der Waals surface area contributed by atoms with Gasteiger partial charge in [0.1, 0.15) is 11.5 Å². The highest BCUT2D eigenvalue weighted by Gasteiger charge is 2.19. The van der Waals surface area contributed by atoms with E-state index in [0.29, 0.717) is 0 Å². The van der Waals surface area contributed by atoms with Crippen LogP contribution in [0.2, 0.25) is 0 Å². The van der Waals surface area contributed by atoms with Crippen molar-refractivity contribution < 1.29 is 4.42 Å². The average molecular weight is 268 g/mol. The Bertz CT molecular complexity index is 617. The van der Waals surface area contributed by atoms with Gasteiger partial charge < -0.3 is 9.73 Å². The first-order valence-electron chi connectivity index (χ1n) is 6.77. The fraction of sp³-hybridized carbons (Fsp3) is 0.353. The van der Waals surface area contributed by atoms with Crippen molar-refractivity contribution >= 4 is 5.69 Å². The number of aryl methyl sites for hydroxylation is 1. The zero-order valence-electron chi connectivity index (χ0n) is 12.4. The quantitative estimate of drug-likeness (QED) is 0.884. The van der Waals surface area contributed by atoms with Gasteiger partial charge >= 0.3 is 0 Å². The van der Waals surface area contributed by atoms with Gasteiger partial charge in [-0.1, -0.05) is 12.1 Å². The molecular weight excluding hydrogens is 248 g/mol. The molecule has 1 heterocycles. The lowest BCUT2D eigenvalue weighted by Crippen LogP contribution is -2.13. The van der Waals surface area contributed by atoms with Gasteiger partial charge in [-0.3, -0.25) is 0 Å². The lowest BCUT2D eigenvalue weighted by Gasteiger charge is -2.17. The number of nitrogens with one attached hydrogen (secondary N) is 1. The third-order valence-corrected chi connectivity index (χ3v) is 3.46. The SMILES string of the molecule is Cc1ccc(C(C)Nc2ccc(C(C)(C)C#N)cc2)o1. The van der Waals surface area contributed by atoms with Crippen LogP contribution in [0.25, 0.3) is 0 Å². The third-order valence-electron chi connectivity index (χ3n) is 3.46. The highest BCUT2D eigenvalue weighted by molar-refractivity contribution is 5.48. The van der Waals surface area contributed by atoms with Crippen LogP contribution >= 0.6 is 0 Å². The fourth-order valence-corrected chi connectivity index (χ4v) is 2.05. The van der Waals surface area contributed by atoms with Crippen LogP contribution < -0.4 is 5.32 Å². The Hall–Kier alpha value is -2.21. The van der Waals surface area contributed by atoms with Crippen molar-refractivity contribution in [1.29, 1.82) is 5.26 Å². The molecule has 2 aromatic rings. The highest BCUT2D eigenvalue weighted by atomic mass is 16.3. The lowest BCUT2D eigenvalue weighted by atomic mass is 9.86. The number of rotatable bonds is 4. The van der Waals surface area contributed by atoms with Gasteiger partial charge in [0.05, 0.1) is 17.5 Å². The van der Waals surface area contributed by atoms with Crippen LogP contribution in [-0.4, -0.2) is 0 Å². The number of hydrogen-bond acceptors (Lipinski definition) is 3. The van der Waals surface area contributed by atoms with E-state index in [4.69, 9.17) is 9.68 Å². The van der Waals surface area contributed by atoms with Crippen LogP contribution in [0, 0.1) is 18.3 Å². The topological polar surface area (TPSA) is 49.0 Å². The van der Waals surface area contributed by atoms with Crippen LogP contribution in [0.1, 0.15) is 43.9 Å². The van der Waals surface area contributed by atoms with Gasteiger partial charge in [-0.2, -0.15) is 5.26 Å². The van der Waals surface area contributed by atoms with Gasteiger partial charge in [0.25, 0.3) is 0 Å². The van der Waals surface area contributed by atoms with Crippen LogP contribution in [-0.2, 0) is 5.41 Å². The minimum absolute atomic E-state index is 0.110. The van der Waals surface area contributed by atoms with Crippen molar-refractivity contribution in [3.05, 3.63) is 53.5 Å². The standard InChI is InChI=1S/C17H20N2O/c1-12-5-10-16(20-12)13(2)19-15-8-6-14(7-9-15)17(3,4)11-18/h5-10,13,19H,1-4H3. The van der Waals surface area contributed by atoms with E-state index in [-0.39, 0.29) is 6.04 Å². The largest absolute Gasteiger partial charge is 0.464 e. The summed E-state index contributed by atoms with van der Waals surface area (Å²) >= 11 is 0. The molecule has 3 nitrogen and oxygen atoms in total. The second kappa shape index (κ2) is 5.42. The molecule has 0 spiro atoms. The number of furan rings is 1. The van der Waals surface area contributed by atoms with E-state index in [1.807, 2.05) is 57.2 Å². The molecule has 20 heavy (non-hydrogen) atoms. The molecule has 0 saturated heterocycles. The molecule has 104 valence electrons. The molecule has 1 N–H and O–H groups in total. The molecule has 0 aliphatic heterocycles. The molecule has 0 amide bonds. The van der Waals surface area contributed by atoms with Crippen molar-refractivity contribution in [3.63, 3.8) is 0 Å². The van der Waals surface area contributed by atoms with Crippen molar-refractivity contribution in [2.24, 2.45) is 0 Å². The number of anilines is 1. The third kappa shape index (κ3) is 3.03. The first-order chi connectivity index (χ1) is 9.42. The van der Waals surface area contributed by atoms with Gasteiger partial charge in [-0.15, -0.1) is 0 Å². The Kier molecular flexibility index (Phi) is 3.85. The number of nitrogens with zero attached hydrogens (tertiary/aromatic N) is 1. The summed E-state index contributed by atoms with van der Waals surface area (Å²) in [4.78, 5) is 0. The highest BCUT2D eigenvalue weighted by Crippen LogP contribution is 2.25. The number of hydrogen-bond donors (Lipinski definition) is 1. The summed E-state index contributed by atoms with van der Waals surface area (Å²) in [5.41, 5.74) is 1.58. The molecule has 0 aliphatic rings. The first kappa shape index (κ1) is 14.2. The summed E-state index contributed by atoms with van der Waals surface area (Å²) in [5.74, 6) is 1.84. The smallest absolute Gasteiger partial charge is 0.126 e. The molecule has 1 aromatic heterocycles. The predicted octanol–water partition coefficient (Wildman–Crippen LogP) is 4.56. The Morgan fingerprint density at radius 3 is 2.30 bits per heavy atom. The van der Waals surface area contributed by atoms with Gasteiger partial charge in [0.2, 0.25) is 0 Å². The van der Waals surface area contributed by atoms with Gasteiger partial charge in [0, 0.05) is 5.69 Å². The second-order valence-electron chi connectivity index (χ2n) is 5.63. The molecule has 0 bridgehead atoms. The van der Waals surface area contributed by atoms with E-state index < -0.39 is 5.41 Å². The van der Waals surface area contributed by atoms with E-state index in [1.165, 1.54) is 0 Å². The average Bonchev–Trinajstić information content (AvgIpc) is 2.86. The zero-order chi connectivity index (χ0) is 14.8. The summed E-state index contributed by atoms with van der Waals surface area (Å²) in [6.45, 7) is 7.84. The molecule has 0 radical (unpaired) electrons. The van der Waals surface area contributed by atoms with Crippen molar-refractivity contribution in [1.82, 2.24) is 0 Å². The van der Waals surface area contributed by atoms with Crippen molar-refractivity contribution in [2.45, 2.75) is 39.2 Å². The molecule has 0 saturated carbocycles. The van der Waals surface area contributed by atoms with Gasteiger partial charge in [-0.05, 0) is 57.5 Å². The second-order valence-corrected chi connectivity index (χ2v) is 5.63. The normalized spacial score (nSPS) is 12.8. The summed E-state index contributed by atoms with van der Waals surface area (Å²) in [6.07, 6.45) is 0. The lowest BCUT2D eigenvalue weighted by molar-refractivity contribution is 0.467. The van der Waals surface area contributed by atoms with E-state index in [2.05, 4.69) is 18.3 Å². The van der Waals surface area contributed by atoms with E-state index in [9.17, 15) is 0 Å². The fourth-order valence-electron chi connectivity index (χ4n) is 2.05. The van der Waals surface area contributed by atoms with Crippen LogP contribution in [0.3, 0.4) is 0 Å². The molecule has 1 unspecified atom stereocenters. The summed E-state index contributed by atoms with van der Waals surface area (Å²) in [5, 5.41) is 12.5. The van der Waals surface area contributed by atoms with Crippen LogP contribution in [0.4, 0.5) is 5.69 Å². The van der Waals surface area contributed by atoms with Gasteiger partial charge in [0.15, 0.2) is 0 Å². The van der Waals surface area contributed by atoms with E-state index in [1.54, 1.807) is 0 Å². The van der Waals surface area contributed by atoms with Gasteiger partial charge in [-0.25, -0.2) is 0 Å². The Morgan fingerprint density at radius 1 is 1.15 bits per heavy atom. The number of nitriles is 1. The number of benzene rings is 1.